The highest BCUT2D eigenvalue weighted by atomic mass is 16.5. The van der Waals surface area contributed by atoms with Crippen LogP contribution in [0.4, 0.5) is 16.2 Å². The summed E-state index contributed by atoms with van der Waals surface area (Å²) in [5.41, 5.74) is 1.30. The molecule has 7 nitrogen and oxygen atoms in total. The summed E-state index contributed by atoms with van der Waals surface area (Å²) in [4.78, 5) is 22.8. The number of anilines is 2. The zero-order chi connectivity index (χ0) is 18.1. The fourth-order valence-corrected chi connectivity index (χ4v) is 2.04. The van der Waals surface area contributed by atoms with Crippen LogP contribution in [0.2, 0.25) is 0 Å². The second-order valence-corrected chi connectivity index (χ2v) is 5.17. The van der Waals surface area contributed by atoms with Gasteiger partial charge in [-0.05, 0) is 36.4 Å². The molecule has 2 aromatic carbocycles. The molecule has 0 aliphatic rings. The molecule has 0 saturated carbocycles. The molecule has 0 unspecified atom stereocenters. The van der Waals surface area contributed by atoms with Crippen molar-refractivity contribution >= 4 is 23.3 Å². The van der Waals surface area contributed by atoms with Crippen LogP contribution in [0, 0.1) is 0 Å². The third kappa shape index (κ3) is 6.42. The summed E-state index contributed by atoms with van der Waals surface area (Å²) >= 11 is 0. The van der Waals surface area contributed by atoms with E-state index in [2.05, 4.69) is 16.0 Å². The highest BCUT2D eigenvalue weighted by Gasteiger charge is 2.02. The molecule has 0 heterocycles. The molecule has 132 valence electrons. The lowest BCUT2D eigenvalue weighted by atomic mass is 10.3. The van der Waals surface area contributed by atoms with Gasteiger partial charge in [0.1, 0.15) is 18.1 Å². The van der Waals surface area contributed by atoms with Crippen LogP contribution in [-0.2, 0) is 4.79 Å². The number of carbonyl (C=O) groups is 2. The van der Waals surface area contributed by atoms with E-state index in [1.807, 2.05) is 18.2 Å². The van der Waals surface area contributed by atoms with Crippen molar-refractivity contribution in [1.29, 1.82) is 0 Å². The average molecular weight is 343 g/mol. The number of urea groups is 1. The van der Waals surface area contributed by atoms with E-state index in [0.29, 0.717) is 36.0 Å². The Bertz CT molecular complexity index is 717. The number of hydrogen-bond acceptors (Lipinski definition) is 4. The second-order valence-electron chi connectivity index (χ2n) is 5.17. The van der Waals surface area contributed by atoms with Gasteiger partial charge in [-0.3, -0.25) is 4.79 Å². The van der Waals surface area contributed by atoms with E-state index in [9.17, 15) is 9.59 Å². The summed E-state index contributed by atoms with van der Waals surface area (Å²) < 4.78 is 10.7. The van der Waals surface area contributed by atoms with Crippen molar-refractivity contribution < 1.29 is 19.1 Å². The van der Waals surface area contributed by atoms with E-state index in [1.165, 1.54) is 6.92 Å². The Kier molecular flexibility index (Phi) is 6.65. The zero-order valence-corrected chi connectivity index (χ0v) is 14.2. The Labute approximate surface area is 146 Å². The second kappa shape index (κ2) is 9.17. The Morgan fingerprint density at radius 3 is 2.24 bits per heavy atom. The molecule has 0 aliphatic heterocycles. The van der Waals surface area contributed by atoms with Gasteiger partial charge in [0.25, 0.3) is 0 Å². The van der Waals surface area contributed by atoms with E-state index in [-0.39, 0.29) is 11.9 Å². The zero-order valence-electron chi connectivity index (χ0n) is 14.2. The first kappa shape index (κ1) is 18.1. The highest BCUT2D eigenvalue weighted by molar-refractivity contribution is 5.91. The molecule has 3 N–H and O–H groups in total. The lowest BCUT2D eigenvalue weighted by Gasteiger charge is -2.10. The van der Waals surface area contributed by atoms with Crippen molar-refractivity contribution in [3.63, 3.8) is 0 Å². The third-order valence-corrected chi connectivity index (χ3v) is 3.16. The summed E-state index contributed by atoms with van der Waals surface area (Å²) in [5, 5.41) is 8.06. The Morgan fingerprint density at radius 1 is 0.960 bits per heavy atom. The number of amides is 3. The molecule has 3 amide bonds. The van der Waals surface area contributed by atoms with Gasteiger partial charge in [-0.2, -0.15) is 0 Å². The number of carbonyl (C=O) groups excluding carboxylic acids is 2. The van der Waals surface area contributed by atoms with E-state index in [1.54, 1.807) is 37.4 Å². The molecule has 0 aromatic heterocycles. The van der Waals surface area contributed by atoms with Crippen LogP contribution in [0.15, 0.2) is 48.5 Å². The van der Waals surface area contributed by atoms with Crippen LogP contribution in [0.25, 0.3) is 0 Å². The molecule has 0 fully saturated rings. The van der Waals surface area contributed by atoms with Gasteiger partial charge in [-0.1, -0.05) is 6.07 Å². The summed E-state index contributed by atoms with van der Waals surface area (Å²) in [5.74, 6) is 1.25. The van der Waals surface area contributed by atoms with Crippen molar-refractivity contribution in [2.75, 3.05) is 30.9 Å². The van der Waals surface area contributed by atoms with Gasteiger partial charge in [-0.25, -0.2) is 4.79 Å². The number of ether oxygens (including phenoxy) is 2. The smallest absolute Gasteiger partial charge is 0.319 e. The first-order valence-electron chi connectivity index (χ1n) is 7.76. The van der Waals surface area contributed by atoms with Crippen LogP contribution in [0.1, 0.15) is 6.92 Å². The maximum Gasteiger partial charge on any atom is 0.319 e. The predicted octanol–water partition coefficient (Wildman–Crippen LogP) is 2.85. The molecule has 2 rings (SSSR count). The van der Waals surface area contributed by atoms with Crippen molar-refractivity contribution in [2.24, 2.45) is 0 Å². The van der Waals surface area contributed by atoms with Gasteiger partial charge >= 0.3 is 6.03 Å². The largest absolute Gasteiger partial charge is 0.497 e. The summed E-state index contributed by atoms with van der Waals surface area (Å²) in [6.45, 7) is 2.13. The topological polar surface area (TPSA) is 88.7 Å². The molecule has 0 atom stereocenters. The van der Waals surface area contributed by atoms with Gasteiger partial charge in [0.2, 0.25) is 5.91 Å². The normalized spacial score (nSPS) is 9.84. The van der Waals surface area contributed by atoms with Gasteiger partial charge in [-0.15, -0.1) is 0 Å². The number of nitrogens with one attached hydrogen (secondary N) is 3. The van der Waals surface area contributed by atoms with Crippen LogP contribution in [-0.4, -0.2) is 32.2 Å². The monoisotopic (exact) mass is 343 g/mol. The number of methoxy groups -OCH3 is 1. The molecule has 0 saturated heterocycles. The Balaban J connectivity index is 1.70. The van der Waals surface area contributed by atoms with Gasteiger partial charge < -0.3 is 25.4 Å². The molecule has 0 bridgehead atoms. The minimum atomic E-state index is -0.332. The molecule has 0 aliphatic carbocycles. The first-order chi connectivity index (χ1) is 12.1. The number of benzene rings is 2. The number of hydrogen-bond donors (Lipinski definition) is 3. The van der Waals surface area contributed by atoms with Gasteiger partial charge in [0.15, 0.2) is 0 Å². The Hall–Kier alpha value is -3.22. The standard InChI is InChI=1S/C18H21N3O4/c1-13(22)20-14-6-8-15(9-7-14)21-18(23)19-10-11-25-17-5-3-4-16(12-17)24-2/h3-9,12H,10-11H2,1-2H3,(H,20,22)(H2,19,21,23). The molecular formula is C18H21N3O4. The van der Waals surface area contributed by atoms with Gasteiger partial charge in [0.05, 0.1) is 13.7 Å². The van der Waals surface area contributed by atoms with Crippen LogP contribution in [0.5, 0.6) is 11.5 Å². The van der Waals surface area contributed by atoms with E-state index in [4.69, 9.17) is 9.47 Å². The molecular weight excluding hydrogens is 322 g/mol. The van der Waals surface area contributed by atoms with Crippen molar-refractivity contribution in [3.8, 4) is 11.5 Å². The third-order valence-electron chi connectivity index (χ3n) is 3.16. The SMILES string of the molecule is COc1cccc(OCCNC(=O)Nc2ccc(NC(C)=O)cc2)c1. The lowest BCUT2D eigenvalue weighted by Crippen LogP contribution is -2.32. The quantitative estimate of drug-likeness (QED) is 0.675. The highest BCUT2D eigenvalue weighted by Crippen LogP contribution is 2.18. The fraction of sp³-hybridized carbons (Fsp3) is 0.222. The maximum atomic E-state index is 11.8. The van der Waals surface area contributed by atoms with Crippen LogP contribution in [0.3, 0.4) is 0 Å². The molecule has 25 heavy (non-hydrogen) atoms. The summed E-state index contributed by atoms with van der Waals surface area (Å²) in [6, 6.07) is 13.8. The van der Waals surface area contributed by atoms with E-state index in [0.717, 1.165) is 0 Å². The van der Waals surface area contributed by atoms with E-state index >= 15 is 0 Å². The predicted molar refractivity (Wildman–Crippen MR) is 96.3 cm³/mol. The van der Waals surface area contributed by atoms with Crippen LogP contribution >= 0.6 is 0 Å². The Morgan fingerprint density at radius 2 is 1.60 bits per heavy atom. The van der Waals surface area contributed by atoms with E-state index < -0.39 is 0 Å². The van der Waals surface area contributed by atoms with Crippen LogP contribution < -0.4 is 25.4 Å². The van der Waals surface area contributed by atoms with Crippen molar-refractivity contribution in [2.45, 2.75) is 6.92 Å². The molecule has 0 radical (unpaired) electrons. The summed E-state index contributed by atoms with van der Waals surface area (Å²) in [6.07, 6.45) is 0. The molecule has 0 spiro atoms. The van der Waals surface area contributed by atoms with Crippen molar-refractivity contribution in [1.82, 2.24) is 5.32 Å². The fourth-order valence-electron chi connectivity index (χ4n) is 2.04. The number of rotatable bonds is 7. The average Bonchev–Trinajstić information content (AvgIpc) is 2.60. The van der Waals surface area contributed by atoms with Crippen molar-refractivity contribution in [3.05, 3.63) is 48.5 Å². The van der Waals surface area contributed by atoms with Gasteiger partial charge in [0, 0.05) is 24.4 Å². The minimum absolute atomic E-state index is 0.144. The first-order valence-corrected chi connectivity index (χ1v) is 7.76. The molecule has 2 aromatic rings. The molecule has 7 heteroatoms. The summed E-state index contributed by atoms with van der Waals surface area (Å²) in [7, 11) is 1.59. The minimum Gasteiger partial charge on any atom is -0.497 e. The maximum absolute atomic E-state index is 11.8. The lowest BCUT2D eigenvalue weighted by molar-refractivity contribution is -0.114.